The van der Waals surface area contributed by atoms with Gasteiger partial charge in [-0.25, -0.2) is 8.42 Å². The molecule has 1 heterocycles. The lowest BCUT2D eigenvalue weighted by atomic mass is 10.0. The summed E-state index contributed by atoms with van der Waals surface area (Å²) in [6, 6.07) is 0. The van der Waals surface area contributed by atoms with Gasteiger partial charge in [0, 0.05) is 11.3 Å². The Morgan fingerprint density at radius 1 is 1.20 bits per heavy atom. The minimum absolute atomic E-state index is 0.0851. The highest BCUT2D eigenvalue weighted by Crippen LogP contribution is 2.23. The maximum atomic E-state index is 11.9. The number of hydrogen-bond donors (Lipinski definition) is 1. The first-order valence-corrected chi connectivity index (χ1v) is 8.94. The Kier molecular flexibility index (Phi) is 5.77. The van der Waals surface area contributed by atoms with E-state index in [4.69, 9.17) is 0 Å². The number of nitrogens with zero attached hydrogens (tertiary/aromatic N) is 2. The van der Waals surface area contributed by atoms with Crippen LogP contribution in [0.15, 0.2) is 0 Å². The van der Waals surface area contributed by atoms with E-state index in [1.807, 2.05) is 13.8 Å². The van der Waals surface area contributed by atoms with Gasteiger partial charge in [-0.1, -0.05) is 13.8 Å². The smallest absolute Gasteiger partial charge is 0.154 e. The summed E-state index contributed by atoms with van der Waals surface area (Å²) in [5.74, 6) is 0.0851. The van der Waals surface area contributed by atoms with Crippen LogP contribution in [0.3, 0.4) is 0 Å². The maximum Gasteiger partial charge on any atom is 0.154 e. The van der Waals surface area contributed by atoms with Crippen LogP contribution in [-0.4, -0.2) is 34.3 Å². The number of aliphatic hydroxyl groups excluding tert-OH is 1. The molecule has 1 N–H and O–H groups in total. The van der Waals surface area contributed by atoms with Crippen LogP contribution in [0.2, 0.25) is 0 Å². The molecule has 0 aliphatic rings. The molecule has 6 heteroatoms. The Labute approximate surface area is 121 Å². The number of sulfone groups is 1. The molecule has 1 aromatic rings. The Morgan fingerprint density at radius 2 is 1.80 bits per heavy atom. The van der Waals surface area contributed by atoms with Crippen LogP contribution in [0.1, 0.15) is 57.7 Å². The van der Waals surface area contributed by atoms with Crippen LogP contribution >= 0.6 is 0 Å². The van der Waals surface area contributed by atoms with Crippen molar-refractivity contribution in [3.63, 3.8) is 0 Å². The van der Waals surface area contributed by atoms with Gasteiger partial charge in [-0.2, -0.15) is 5.10 Å². The second-order valence-electron chi connectivity index (χ2n) is 5.33. The van der Waals surface area contributed by atoms with Crippen molar-refractivity contribution in [3.05, 3.63) is 17.0 Å². The topological polar surface area (TPSA) is 72.2 Å². The van der Waals surface area contributed by atoms with Crippen molar-refractivity contribution in [1.82, 2.24) is 9.78 Å². The molecular weight excluding hydrogens is 276 g/mol. The molecule has 1 rings (SSSR count). The Bertz CT molecular complexity index is 545. The van der Waals surface area contributed by atoms with E-state index in [2.05, 4.69) is 5.10 Å². The van der Waals surface area contributed by atoms with Gasteiger partial charge in [0.2, 0.25) is 0 Å². The van der Waals surface area contributed by atoms with E-state index in [0.717, 1.165) is 29.8 Å². The summed E-state index contributed by atoms with van der Waals surface area (Å²) in [4.78, 5) is 0. The van der Waals surface area contributed by atoms with Gasteiger partial charge in [-0.3, -0.25) is 4.68 Å². The first-order valence-electron chi connectivity index (χ1n) is 7.22. The quantitative estimate of drug-likeness (QED) is 0.835. The molecule has 0 fully saturated rings. The normalized spacial score (nSPS) is 13.9. The molecule has 1 aromatic heterocycles. The van der Waals surface area contributed by atoms with Gasteiger partial charge >= 0.3 is 0 Å². The largest absolute Gasteiger partial charge is 0.389 e. The number of rotatable bonds is 7. The summed E-state index contributed by atoms with van der Waals surface area (Å²) >= 11 is 0. The highest BCUT2D eigenvalue weighted by atomic mass is 32.2. The summed E-state index contributed by atoms with van der Waals surface area (Å²) in [5.41, 5.74) is 2.66. The zero-order valence-electron chi connectivity index (χ0n) is 13.0. The van der Waals surface area contributed by atoms with E-state index in [0.29, 0.717) is 6.54 Å². The predicted octanol–water partition coefficient (Wildman–Crippen LogP) is 1.88. The molecule has 1 atom stereocenters. The van der Waals surface area contributed by atoms with Gasteiger partial charge in [0.1, 0.15) is 0 Å². The average molecular weight is 302 g/mol. The van der Waals surface area contributed by atoms with E-state index in [1.165, 1.54) is 0 Å². The van der Waals surface area contributed by atoms with Crippen LogP contribution in [0.4, 0.5) is 0 Å². The fourth-order valence-corrected chi connectivity index (χ4v) is 3.22. The molecule has 0 radical (unpaired) electrons. The summed E-state index contributed by atoms with van der Waals surface area (Å²) in [6.45, 7) is 9.45. The fraction of sp³-hybridized carbons (Fsp3) is 0.786. The predicted molar refractivity (Wildman–Crippen MR) is 80.5 cm³/mol. The standard InChI is InChI=1S/C14H26N2O3S/c1-6-12-14(11(5)17)13(7-2)16(15-12)8-9-20(18,19)10(3)4/h10-11,17H,6-9H2,1-5H3. The third kappa shape index (κ3) is 3.61. The summed E-state index contributed by atoms with van der Waals surface area (Å²) < 4.78 is 25.6. The van der Waals surface area contributed by atoms with E-state index in [-0.39, 0.29) is 11.0 Å². The monoisotopic (exact) mass is 302 g/mol. The molecule has 0 saturated carbocycles. The van der Waals surface area contributed by atoms with Gasteiger partial charge < -0.3 is 5.11 Å². The minimum atomic E-state index is -3.08. The molecule has 0 bridgehead atoms. The molecule has 0 aromatic carbocycles. The SMILES string of the molecule is CCc1nn(CCS(=O)(=O)C(C)C)c(CC)c1C(C)O. The number of aliphatic hydroxyl groups is 1. The molecule has 0 aliphatic heterocycles. The summed E-state index contributed by atoms with van der Waals surface area (Å²) in [7, 11) is -3.08. The third-order valence-electron chi connectivity index (χ3n) is 3.57. The van der Waals surface area contributed by atoms with E-state index in [9.17, 15) is 13.5 Å². The van der Waals surface area contributed by atoms with Crippen LogP contribution in [0, 0.1) is 0 Å². The van der Waals surface area contributed by atoms with E-state index >= 15 is 0 Å². The second kappa shape index (κ2) is 6.72. The second-order valence-corrected chi connectivity index (χ2v) is 8.01. The van der Waals surface area contributed by atoms with Crippen molar-refractivity contribution in [2.75, 3.05) is 5.75 Å². The molecule has 0 aliphatic carbocycles. The molecule has 5 nitrogen and oxygen atoms in total. The Morgan fingerprint density at radius 3 is 2.20 bits per heavy atom. The first kappa shape index (κ1) is 17.2. The summed E-state index contributed by atoms with van der Waals surface area (Å²) in [5, 5.41) is 14.0. The third-order valence-corrected chi connectivity index (χ3v) is 5.76. The summed E-state index contributed by atoms with van der Waals surface area (Å²) in [6.07, 6.45) is 0.891. The maximum absolute atomic E-state index is 11.9. The minimum Gasteiger partial charge on any atom is -0.389 e. The van der Waals surface area contributed by atoms with Crippen molar-refractivity contribution in [1.29, 1.82) is 0 Å². The lowest BCUT2D eigenvalue weighted by Gasteiger charge is -2.11. The zero-order valence-corrected chi connectivity index (χ0v) is 13.9. The lowest BCUT2D eigenvalue weighted by Crippen LogP contribution is -2.22. The molecule has 0 spiro atoms. The molecule has 20 heavy (non-hydrogen) atoms. The van der Waals surface area contributed by atoms with Gasteiger partial charge in [0.05, 0.1) is 29.3 Å². The molecule has 0 amide bonds. The van der Waals surface area contributed by atoms with Gasteiger partial charge in [0.15, 0.2) is 9.84 Å². The van der Waals surface area contributed by atoms with Gasteiger partial charge in [-0.05, 0) is 33.6 Å². The molecule has 0 saturated heterocycles. The Balaban J connectivity index is 3.08. The van der Waals surface area contributed by atoms with Gasteiger partial charge in [0.25, 0.3) is 0 Å². The van der Waals surface area contributed by atoms with Crippen molar-refractivity contribution in [3.8, 4) is 0 Å². The van der Waals surface area contributed by atoms with Crippen LogP contribution < -0.4 is 0 Å². The number of aromatic nitrogens is 2. The Hall–Kier alpha value is -0.880. The van der Waals surface area contributed by atoms with Crippen LogP contribution in [-0.2, 0) is 29.2 Å². The van der Waals surface area contributed by atoms with Crippen molar-refractivity contribution < 1.29 is 13.5 Å². The molecule has 116 valence electrons. The van der Waals surface area contributed by atoms with Crippen LogP contribution in [0.5, 0.6) is 0 Å². The highest BCUT2D eigenvalue weighted by molar-refractivity contribution is 7.91. The highest BCUT2D eigenvalue weighted by Gasteiger charge is 2.21. The average Bonchev–Trinajstić information content (AvgIpc) is 2.74. The number of aryl methyl sites for hydroxylation is 2. The fourth-order valence-electron chi connectivity index (χ4n) is 2.32. The van der Waals surface area contributed by atoms with E-state index < -0.39 is 15.9 Å². The van der Waals surface area contributed by atoms with Crippen molar-refractivity contribution >= 4 is 9.84 Å². The lowest BCUT2D eigenvalue weighted by molar-refractivity contribution is 0.197. The zero-order chi connectivity index (χ0) is 15.5. The molecular formula is C14H26N2O3S. The van der Waals surface area contributed by atoms with Gasteiger partial charge in [-0.15, -0.1) is 0 Å². The van der Waals surface area contributed by atoms with E-state index in [1.54, 1.807) is 25.5 Å². The first-order chi connectivity index (χ1) is 9.24. The number of hydrogen-bond acceptors (Lipinski definition) is 4. The van der Waals surface area contributed by atoms with Crippen LogP contribution in [0.25, 0.3) is 0 Å². The molecule has 1 unspecified atom stereocenters. The van der Waals surface area contributed by atoms with Crippen molar-refractivity contribution in [2.24, 2.45) is 0 Å². The van der Waals surface area contributed by atoms with Crippen molar-refractivity contribution in [2.45, 2.75) is 65.4 Å².